The first kappa shape index (κ1) is 24.0. The number of piperidine rings is 1. The molecule has 7 heteroatoms. The Morgan fingerprint density at radius 3 is 2.15 bits per heavy atom. The van der Waals surface area contributed by atoms with Gasteiger partial charge in [0.1, 0.15) is 11.7 Å². The SMILES string of the molecule is Cc1cc(C(=O)NC2CCC3(CC2)CCN(C(=O)C2CCCCC2(F)F)CC3)cc(C)c1O. The van der Waals surface area contributed by atoms with Crippen LogP contribution in [0.25, 0.3) is 0 Å². The molecule has 33 heavy (non-hydrogen) atoms. The summed E-state index contributed by atoms with van der Waals surface area (Å²) in [5.41, 5.74) is 2.10. The topological polar surface area (TPSA) is 69.6 Å². The van der Waals surface area contributed by atoms with Gasteiger partial charge in [-0.25, -0.2) is 8.78 Å². The van der Waals surface area contributed by atoms with E-state index in [4.69, 9.17) is 0 Å². The van der Waals surface area contributed by atoms with E-state index < -0.39 is 11.8 Å². The summed E-state index contributed by atoms with van der Waals surface area (Å²) in [7, 11) is 0. The summed E-state index contributed by atoms with van der Waals surface area (Å²) in [6.45, 7) is 4.70. The van der Waals surface area contributed by atoms with Crippen molar-refractivity contribution in [2.75, 3.05) is 13.1 Å². The third kappa shape index (κ3) is 5.02. The Morgan fingerprint density at radius 2 is 1.58 bits per heavy atom. The minimum atomic E-state index is -2.87. The maximum atomic E-state index is 14.3. The second kappa shape index (κ2) is 9.22. The number of hydrogen-bond acceptors (Lipinski definition) is 3. The lowest BCUT2D eigenvalue weighted by molar-refractivity contribution is -0.158. The Bertz CT molecular complexity index is 876. The fourth-order valence-electron chi connectivity index (χ4n) is 6.05. The lowest BCUT2D eigenvalue weighted by atomic mass is 9.66. The van der Waals surface area contributed by atoms with Crippen LogP contribution in [-0.4, -0.2) is 46.9 Å². The fraction of sp³-hybridized carbons (Fsp3) is 0.692. The van der Waals surface area contributed by atoms with E-state index in [0.717, 1.165) is 38.5 Å². The molecule has 1 aliphatic heterocycles. The van der Waals surface area contributed by atoms with Crippen LogP contribution >= 0.6 is 0 Å². The second-order valence-electron chi connectivity index (χ2n) is 10.6. The predicted octanol–water partition coefficient (Wildman–Crippen LogP) is 5.12. The summed E-state index contributed by atoms with van der Waals surface area (Å²) in [6, 6.07) is 3.54. The molecule has 1 spiro atoms. The van der Waals surface area contributed by atoms with Crippen LogP contribution < -0.4 is 5.32 Å². The van der Waals surface area contributed by atoms with Crippen molar-refractivity contribution in [3.8, 4) is 5.75 Å². The third-order valence-corrected chi connectivity index (χ3v) is 8.33. The van der Waals surface area contributed by atoms with Gasteiger partial charge in [0, 0.05) is 31.1 Å². The minimum absolute atomic E-state index is 0.109. The van der Waals surface area contributed by atoms with Crippen LogP contribution in [0.15, 0.2) is 12.1 Å². The summed E-state index contributed by atoms with van der Waals surface area (Å²) in [4.78, 5) is 27.2. The summed E-state index contributed by atoms with van der Waals surface area (Å²) in [5, 5.41) is 13.1. The van der Waals surface area contributed by atoms with Crippen LogP contribution in [0.1, 0.15) is 85.7 Å². The molecule has 0 radical (unpaired) electrons. The van der Waals surface area contributed by atoms with Crippen molar-refractivity contribution in [3.63, 3.8) is 0 Å². The third-order valence-electron chi connectivity index (χ3n) is 8.33. The number of aryl methyl sites for hydroxylation is 2. The molecule has 182 valence electrons. The van der Waals surface area contributed by atoms with Crippen molar-refractivity contribution < 1.29 is 23.5 Å². The summed E-state index contributed by atoms with van der Waals surface area (Å²) in [6.07, 6.45) is 6.78. The molecule has 1 atom stereocenters. The first-order valence-electron chi connectivity index (χ1n) is 12.4. The smallest absolute Gasteiger partial charge is 0.259 e. The fourth-order valence-corrected chi connectivity index (χ4v) is 6.05. The molecular formula is C26H36F2N2O3. The van der Waals surface area contributed by atoms with E-state index >= 15 is 0 Å². The molecule has 1 heterocycles. The summed E-state index contributed by atoms with van der Waals surface area (Å²) >= 11 is 0. The highest BCUT2D eigenvalue weighted by Crippen LogP contribution is 2.46. The molecule has 2 aliphatic carbocycles. The van der Waals surface area contributed by atoms with Crippen LogP contribution in [-0.2, 0) is 4.79 Å². The highest BCUT2D eigenvalue weighted by atomic mass is 19.3. The standard InChI is InChI=1S/C26H36F2N2O3/c1-17-15-19(16-18(2)22(17)31)23(32)29-20-6-9-25(10-7-20)11-13-30(14-12-25)24(33)21-5-3-4-8-26(21,27)28/h15-16,20-21,31H,3-14H2,1-2H3,(H,29,32). The van der Waals surface area contributed by atoms with Crippen molar-refractivity contribution in [2.45, 2.75) is 90.0 Å². The van der Waals surface area contributed by atoms with Crippen molar-refractivity contribution in [1.82, 2.24) is 10.2 Å². The van der Waals surface area contributed by atoms with Crippen LogP contribution in [0.5, 0.6) is 5.75 Å². The Kier molecular flexibility index (Phi) is 6.70. The van der Waals surface area contributed by atoms with E-state index in [-0.39, 0.29) is 35.4 Å². The van der Waals surface area contributed by atoms with Crippen LogP contribution in [0.2, 0.25) is 0 Å². The number of nitrogens with zero attached hydrogens (tertiary/aromatic N) is 1. The lowest BCUT2D eigenvalue weighted by Crippen LogP contribution is -2.51. The molecule has 0 bridgehead atoms. The molecule has 4 rings (SSSR count). The zero-order valence-electron chi connectivity index (χ0n) is 19.8. The number of alkyl halides is 2. The number of carbonyl (C=O) groups excluding carboxylic acids is 2. The molecule has 2 saturated carbocycles. The van der Waals surface area contributed by atoms with Crippen LogP contribution in [0.4, 0.5) is 8.78 Å². The van der Waals surface area contributed by atoms with E-state index in [1.807, 2.05) is 0 Å². The highest BCUT2D eigenvalue weighted by Gasteiger charge is 2.48. The quantitative estimate of drug-likeness (QED) is 0.655. The second-order valence-corrected chi connectivity index (χ2v) is 10.6. The molecular weight excluding hydrogens is 426 g/mol. The zero-order valence-corrected chi connectivity index (χ0v) is 19.8. The normalized spacial score (nSPS) is 25.1. The Hall–Kier alpha value is -2.18. The Morgan fingerprint density at radius 1 is 0.970 bits per heavy atom. The molecule has 2 amide bonds. The molecule has 2 N–H and O–H groups in total. The molecule has 1 unspecified atom stereocenters. The average molecular weight is 463 g/mol. The Labute approximate surface area is 194 Å². The lowest BCUT2D eigenvalue weighted by Gasteiger charge is -2.47. The van der Waals surface area contributed by atoms with Gasteiger partial charge in [-0.1, -0.05) is 6.42 Å². The number of nitrogens with one attached hydrogen (secondary N) is 1. The van der Waals surface area contributed by atoms with Crippen molar-refractivity contribution >= 4 is 11.8 Å². The molecule has 0 aromatic heterocycles. The van der Waals surface area contributed by atoms with Gasteiger partial charge in [-0.15, -0.1) is 0 Å². The first-order valence-corrected chi connectivity index (χ1v) is 12.4. The Balaban J connectivity index is 1.28. The maximum absolute atomic E-state index is 14.3. The zero-order chi connectivity index (χ0) is 23.8. The van der Waals surface area contributed by atoms with E-state index in [9.17, 15) is 23.5 Å². The van der Waals surface area contributed by atoms with Gasteiger partial charge in [0.25, 0.3) is 11.8 Å². The molecule has 3 fully saturated rings. The molecule has 1 aromatic rings. The highest BCUT2D eigenvalue weighted by molar-refractivity contribution is 5.95. The molecule has 1 saturated heterocycles. The number of phenols is 1. The summed E-state index contributed by atoms with van der Waals surface area (Å²) in [5.74, 6) is -4.25. The number of likely N-dealkylation sites (tertiary alicyclic amines) is 1. The van der Waals surface area contributed by atoms with Crippen molar-refractivity contribution in [3.05, 3.63) is 28.8 Å². The van der Waals surface area contributed by atoms with Gasteiger partial charge in [-0.05, 0) is 93.9 Å². The van der Waals surface area contributed by atoms with Gasteiger partial charge in [0.05, 0.1) is 0 Å². The number of amides is 2. The molecule has 1 aromatic carbocycles. The number of hydrogen-bond donors (Lipinski definition) is 2. The van der Waals surface area contributed by atoms with Gasteiger partial charge in [-0.3, -0.25) is 9.59 Å². The largest absolute Gasteiger partial charge is 0.507 e. The van der Waals surface area contributed by atoms with Crippen molar-refractivity contribution in [2.24, 2.45) is 11.3 Å². The van der Waals surface area contributed by atoms with Gasteiger partial charge in [0.2, 0.25) is 5.91 Å². The number of aromatic hydroxyl groups is 1. The maximum Gasteiger partial charge on any atom is 0.259 e. The molecule has 3 aliphatic rings. The van der Waals surface area contributed by atoms with Gasteiger partial charge >= 0.3 is 0 Å². The number of phenolic OH excluding ortho intramolecular Hbond substituents is 1. The monoisotopic (exact) mass is 462 g/mol. The van der Waals surface area contributed by atoms with E-state index in [1.54, 1.807) is 30.9 Å². The van der Waals surface area contributed by atoms with Crippen LogP contribution in [0, 0.1) is 25.2 Å². The van der Waals surface area contributed by atoms with Gasteiger partial charge in [0.15, 0.2) is 0 Å². The van der Waals surface area contributed by atoms with Gasteiger partial charge in [-0.2, -0.15) is 0 Å². The minimum Gasteiger partial charge on any atom is -0.507 e. The number of rotatable bonds is 3. The molecule has 5 nitrogen and oxygen atoms in total. The first-order chi connectivity index (χ1) is 15.6. The van der Waals surface area contributed by atoms with E-state index in [1.165, 1.54) is 0 Å². The van der Waals surface area contributed by atoms with E-state index in [0.29, 0.717) is 49.0 Å². The van der Waals surface area contributed by atoms with Crippen LogP contribution in [0.3, 0.4) is 0 Å². The number of halogens is 2. The van der Waals surface area contributed by atoms with Gasteiger partial charge < -0.3 is 15.3 Å². The number of benzene rings is 1. The predicted molar refractivity (Wildman–Crippen MR) is 122 cm³/mol. The van der Waals surface area contributed by atoms with Crippen molar-refractivity contribution in [1.29, 1.82) is 0 Å². The average Bonchev–Trinajstić information content (AvgIpc) is 2.78. The summed E-state index contributed by atoms with van der Waals surface area (Å²) < 4.78 is 28.5. The van der Waals surface area contributed by atoms with E-state index in [2.05, 4.69) is 5.32 Å². The number of carbonyl (C=O) groups is 2.